The first kappa shape index (κ1) is 14.7. The van der Waals surface area contributed by atoms with Gasteiger partial charge in [0.15, 0.2) is 5.96 Å². The summed E-state index contributed by atoms with van der Waals surface area (Å²) in [5.74, 6) is -0.855. The Labute approximate surface area is 96.3 Å². The number of hydrogen-bond acceptors (Lipinski definition) is 3. The van der Waals surface area contributed by atoms with Crippen molar-refractivity contribution in [1.29, 1.82) is 0 Å². The first-order valence-corrected chi connectivity index (χ1v) is 5.19. The van der Waals surface area contributed by atoms with Gasteiger partial charge in [-0.15, -0.1) is 0 Å². The molecule has 0 radical (unpaired) electrons. The van der Waals surface area contributed by atoms with Crippen molar-refractivity contribution in [2.75, 3.05) is 20.6 Å². The second kappa shape index (κ2) is 5.69. The highest BCUT2D eigenvalue weighted by molar-refractivity contribution is 5.78. The Morgan fingerprint density at radius 1 is 1.50 bits per heavy atom. The van der Waals surface area contributed by atoms with Gasteiger partial charge in [-0.1, -0.05) is 6.92 Å². The standard InChI is InChI=1S/C10H22N4O2/c1-7(5-6-13-9(11)12)10(2,8(15)16)14(3)4/h7H,5-6H2,1-4H3,(H,15,16)(H4,11,12,13)/t7?,10-/m0/s1. The van der Waals surface area contributed by atoms with Crippen LogP contribution in [0.3, 0.4) is 0 Å². The maximum Gasteiger partial charge on any atom is 0.324 e. The third-order valence-electron chi connectivity index (χ3n) is 3.18. The Bertz CT molecular complexity index is 274. The highest BCUT2D eigenvalue weighted by Crippen LogP contribution is 2.25. The maximum absolute atomic E-state index is 11.3. The summed E-state index contributed by atoms with van der Waals surface area (Å²) in [6.45, 7) is 4.03. The molecule has 0 aromatic carbocycles. The Morgan fingerprint density at radius 3 is 2.31 bits per heavy atom. The van der Waals surface area contributed by atoms with Crippen molar-refractivity contribution in [3.63, 3.8) is 0 Å². The third kappa shape index (κ3) is 3.37. The molecule has 0 aliphatic heterocycles. The van der Waals surface area contributed by atoms with Crippen LogP contribution in [0.5, 0.6) is 0 Å². The van der Waals surface area contributed by atoms with Gasteiger partial charge in [-0.2, -0.15) is 0 Å². The minimum absolute atomic E-state index is 0.0362. The van der Waals surface area contributed by atoms with Crippen LogP contribution in [0.25, 0.3) is 0 Å². The zero-order valence-electron chi connectivity index (χ0n) is 10.4. The second-order valence-electron chi connectivity index (χ2n) is 4.34. The summed E-state index contributed by atoms with van der Waals surface area (Å²) >= 11 is 0. The molecule has 0 rings (SSSR count). The van der Waals surface area contributed by atoms with Gasteiger partial charge in [0, 0.05) is 6.54 Å². The molecular formula is C10H22N4O2. The lowest BCUT2D eigenvalue weighted by atomic mass is 9.83. The fraction of sp³-hybridized carbons (Fsp3) is 0.800. The van der Waals surface area contributed by atoms with Gasteiger partial charge in [0.2, 0.25) is 0 Å². The van der Waals surface area contributed by atoms with Crippen molar-refractivity contribution >= 4 is 11.9 Å². The molecule has 0 amide bonds. The molecule has 94 valence electrons. The normalized spacial score (nSPS) is 16.6. The summed E-state index contributed by atoms with van der Waals surface area (Å²) in [7, 11) is 3.51. The zero-order chi connectivity index (χ0) is 12.9. The van der Waals surface area contributed by atoms with Crippen molar-refractivity contribution in [2.24, 2.45) is 22.4 Å². The average molecular weight is 230 g/mol. The van der Waals surface area contributed by atoms with E-state index in [0.29, 0.717) is 13.0 Å². The predicted molar refractivity (Wildman–Crippen MR) is 64.2 cm³/mol. The van der Waals surface area contributed by atoms with Crippen LogP contribution in [0.4, 0.5) is 0 Å². The lowest BCUT2D eigenvalue weighted by Crippen LogP contribution is -2.53. The second-order valence-corrected chi connectivity index (χ2v) is 4.34. The third-order valence-corrected chi connectivity index (χ3v) is 3.18. The molecule has 1 unspecified atom stereocenters. The van der Waals surface area contributed by atoms with E-state index in [9.17, 15) is 9.90 Å². The van der Waals surface area contributed by atoms with E-state index in [1.54, 1.807) is 25.9 Å². The van der Waals surface area contributed by atoms with E-state index in [2.05, 4.69) is 4.99 Å². The zero-order valence-corrected chi connectivity index (χ0v) is 10.4. The Balaban J connectivity index is 4.59. The van der Waals surface area contributed by atoms with Crippen LogP contribution in [0.1, 0.15) is 20.3 Å². The molecule has 6 heteroatoms. The largest absolute Gasteiger partial charge is 0.480 e. The molecule has 0 aliphatic rings. The summed E-state index contributed by atoms with van der Waals surface area (Å²) < 4.78 is 0. The summed E-state index contributed by atoms with van der Waals surface area (Å²) in [6.07, 6.45) is 0.624. The van der Waals surface area contributed by atoms with Gasteiger partial charge < -0.3 is 16.6 Å². The van der Waals surface area contributed by atoms with Crippen molar-refractivity contribution in [1.82, 2.24) is 4.90 Å². The molecule has 0 saturated heterocycles. The monoisotopic (exact) mass is 230 g/mol. The summed E-state index contributed by atoms with van der Waals surface area (Å²) in [4.78, 5) is 16.8. The van der Waals surface area contributed by atoms with Crippen LogP contribution in [0, 0.1) is 5.92 Å². The number of aliphatic imine (C=N–C) groups is 1. The highest BCUT2D eigenvalue weighted by atomic mass is 16.4. The van der Waals surface area contributed by atoms with Crippen LogP contribution in [0.15, 0.2) is 4.99 Å². The SMILES string of the molecule is CC(CCN=C(N)N)[C@@](C)(C(=O)O)N(C)C. The van der Waals surface area contributed by atoms with Gasteiger partial charge in [-0.3, -0.25) is 14.7 Å². The first-order chi connectivity index (χ1) is 7.22. The van der Waals surface area contributed by atoms with Gasteiger partial charge >= 0.3 is 5.97 Å². The van der Waals surface area contributed by atoms with Crippen LogP contribution in [0.2, 0.25) is 0 Å². The number of carboxylic acid groups (broad SMARTS) is 1. The number of likely N-dealkylation sites (N-methyl/N-ethyl adjacent to an activating group) is 1. The van der Waals surface area contributed by atoms with Crippen molar-refractivity contribution in [3.05, 3.63) is 0 Å². The molecule has 0 saturated carbocycles. The van der Waals surface area contributed by atoms with Gasteiger partial charge in [-0.05, 0) is 33.4 Å². The van der Waals surface area contributed by atoms with E-state index in [1.807, 2.05) is 6.92 Å². The van der Waals surface area contributed by atoms with Crippen LogP contribution in [-0.4, -0.2) is 48.1 Å². The minimum atomic E-state index is -0.904. The van der Waals surface area contributed by atoms with Gasteiger partial charge in [0.1, 0.15) is 5.54 Å². The smallest absolute Gasteiger partial charge is 0.324 e. The fourth-order valence-corrected chi connectivity index (χ4v) is 1.51. The van der Waals surface area contributed by atoms with E-state index in [0.717, 1.165) is 0 Å². The number of carbonyl (C=O) groups is 1. The van der Waals surface area contributed by atoms with Crippen LogP contribution < -0.4 is 11.5 Å². The van der Waals surface area contributed by atoms with E-state index >= 15 is 0 Å². The highest BCUT2D eigenvalue weighted by Gasteiger charge is 2.40. The minimum Gasteiger partial charge on any atom is -0.480 e. The van der Waals surface area contributed by atoms with E-state index in [-0.39, 0.29) is 11.9 Å². The molecular weight excluding hydrogens is 208 g/mol. The van der Waals surface area contributed by atoms with Crippen molar-refractivity contribution in [2.45, 2.75) is 25.8 Å². The van der Waals surface area contributed by atoms with Crippen molar-refractivity contribution in [3.8, 4) is 0 Å². The fourth-order valence-electron chi connectivity index (χ4n) is 1.51. The van der Waals surface area contributed by atoms with Crippen molar-refractivity contribution < 1.29 is 9.90 Å². The summed E-state index contributed by atoms with van der Waals surface area (Å²) in [5.41, 5.74) is 9.51. The lowest BCUT2D eigenvalue weighted by Gasteiger charge is -2.37. The maximum atomic E-state index is 11.3. The number of rotatable bonds is 6. The van der Waals surface area contributed by atoms with Crippen LogP contribution in [-0.2, 0) is 4.79 Å². The number of carboxylic acids is 1. The molecule has 0 heterocycles. The molecule has 0 aliphatic carbocycles. The Kier molecular flexibility index (Phi) is 5.23. The van der Waals surface area contributed by atoms with Gasteiger partial charge in [-0.25, -0.2) is 0 Å². The molecule has 0 aromatic rings. The van der Waals surface area contributed by atoms with Gasteiger partial charge in [0.05, 0.1) is 0 Å². The number of nitrogens with zero attached hydrogens (tertiary/aromatic N) is 2. The first-order valence-electron chi connectivity index (χ1n) is 5.19. The average Bonchev–Trinajstić information content (AvgIpc) is 2.14. The molecule has 2 atom stereocenters. The Morgan fingerprint density at radius 2 is 2.00 bits per heavy atom. The number of hydrogen-bond donors (Lipinski definition) is 3. The molecule has 0 fully saturated rings. The number of nitrogens with two attached hydrogens (primary N) is 2. The molecule has 16 heavy (non-hydrogen) atoms. The molecule has 0 bridgehead atoms. The summed E-state index contributed by atoms with van der Waals surface area (Å²) in [6, 6.07) is 0. The molecule has 5 N–H and O–H groups in total. The summed E-state index contributed by atoms with van der Waals surface area (Å²) in [5, 5.41) is 9.25. The molecule has 0 spiro atoms. The van der Waals surface area contributed by atoms with Gasteiger partial charge in [0.25, 0.3) is 0 Å². The number of guanidine groups is 1. The quantitative estimate of drug-likeness (QED) is 0.429. The van der Waals surface area contributed by atoms with Crippen LogP contribution >= 0.6 is 0 Å². The molecule has 0 aromatic heterocycles. The van der Waals surface area contributed by atoms with E-state index < -0.39 is 11.5 Å². The van der Waals surface area contributed by atoms with E-state index in [1.165, 1.54) is 0 Å². The number of aliphatic carboxylic acids is 1. The molecule has 6 nitrogen and oxygen atoms in total. The topological polar surface area (TPSA) is 105 Å². The van der Waals surface area contributed by atoms with E-state index in [4.69, 9.17) is 11.5 Å². The Hall–Kier alpha value is -1.30. The predicted octanol–water partition coefficient (Wildman–Crippen LogP) is -0.309. The lowest BCUT2D eigenvalue weighted by molar-refractivity contribution is -0.152.